The number of nitrogens with zero attached hydrogens (tertiary/aromatic N) is 3. The zero-order chi connectivity index (χ0) is 14.3. The van der Waals surface area contributed by atoms with Crippen molar-refractivity contribution in [2.75, 3.05) is 0 Å². The summed E-state index contributed by atoms with van der Waals surface area (Å²) < 4.78 is 1.72. The highest BCUT2D eigenvalue weighted by Gasteiger charge is 2.32. The first-order valence-electron chi connectivity index (χ1n) is 6.49. The highest BCUT2D eigenvalue weighted by molar-refractivity contribution is 6.28. The third kappa shape index (κ3) is 1.82. The lowest BCUT2D eigenvalue weighted by molar-refractivity contribution is 0.0861. The van der Waals surface area contributed by atoms with E-state index in [0.29, 0.717) is 22.7 Å². The zero-order valence-corrected chi connectivity index (χ0v) is 11.6. The van der Waals surface area contributed by atoms with E-state index in [4.69, 9.17) is 4.84 Å². The number of aryl methyl sites for hydroxylation is 1. The Morgan fingerprint density at radius 2 is 1.95 bits per heavy atom. The molecule has 0 unspecified atom stereocenters. The predicted molar refractivity (Wildman–Crippen MR) is 74.9 cm³/mol. The molecule has 0 saturated carbocycles. The van der Waals surface area contributed by atoms with Gasteiger partial charge in [-0.25, -0.2) is 4.98 Å². The van der Waals surface area contributed by atoms with Gasteiger partial charge in [-0.05, 0) is 13.8 Å². The number of hydrogen-bond donors (Lipinski definition) is 0. The van der Waals surface area contributed by atoms with Crippen LogP contribution in [0.2, 0.25) is 0 Å². The summed E-state index contributed by atoms with van der Waals surface area (Å²) in [6.45, 7) is 3.81. The second kappa shape index (κ2) is 4.59. The van der Waals surface area contributed by atoms with Gasteiger partial charge < -0.3 is 9.40 Å². The molecule has 0 radical (unpaired) electrons. The molecule has 0 bridgehead atoms. The third-order valence-corrected chi connectivity index (χ3v) is 3.16. The van der Waals surface area contributed by atoms with Crippen molar-refractivity contribution in [1.29, 1.82) is 0 Å². The lowest BCUT2D eigenvalue weighted by Crippen LogP contribution is -2.23. The Morgan fingerprint density at radius 1 is 1.25 bits per heavy atom. The fraction of sp³-hybridized carbons (Fsp3) is 0.267. The number of ketones is 1. The number of carbonyl (C=O) groups is 1. The van der Waals surface area contributed by atoms with E-state index in [-0.39, 0.29) is 11.9 Å². The van der Waals surface area contributed by atoms with Crippen LogP contribution in [-0.4, -0.2) is 27.1 Å². The molecule has 0 amide bonds. The summed E-state index contributed by atoms with van der Waals surface area (Å²) in [5, 5.41) is 4.20. The van der Waals surface area contributed by atoms with E-state index in [1.54, 1.807) is 24.0 Å². The van der Waals surface area contributed by atoms with Crippen molar-refractivity contribution in [3.63, 3.8) is 0 Å². The van der Waals surface area contributed by atoms with Crippen LogP contribution in [0.4, 0.5) is 0 Å². The molecule has 2 aromatic rings. The molecule has 1 aliphatic rings. The summed E-state index contributed by atoms with van der Waals surface area (Å²) in [6.07, 6.45) is 1.60. The van der Waals surface area contributed by atoms with E-state index in [1.165, 1.54) is 0 Å². The summed E-state index contributed by atoms with van der Waals surface area (Å²) in [5.41, 5.74) is 3.15. The van der Waals surface area contributed by atoms with Gasteiger partial charge in [0.2, 0.25) is 5.78 Å². The lowest BCUT2D eigenvalue weighted by atomic mass is 9.89. The van der Waals surface area contributed by atoms with Gasteiger partial charge in [0, 0.05) is 18.2 Å². The van der Waals surface area contributed by atoms with Crippen LogP contribution in [0.25, 0.3) is 0 Å². The monoisotopic (exact) mass is 269 g/mol. The highest BCUT2D eigenvalue weighted by Crippen LogP contribution is 2.26. The summed E-state index contributed by atoms with van der Waals surface area (Å²) in [6, 6.07) is 7.40. The lowest BCUT2D eigenvalue weighted by Gasteiger charge is -2.17. The summed E-state index contributed by atoms with van der Waals surface area (Å²) in [5.74, 6) is -0.0286. The van der Waals surface area contributed by atoms with Gasteiger partial charge in [0.15, 0.2) is 0 Å². The first-order chi connectivity index (χ1) is 9.59. The smallest absolute Gasteiger partial charge is 0.212 e. The normalized spacial score (nSPS) is 15.4. The standard InChI is InChI=1S/C15H15N3O2/c1-9(2)20-17-12-10-6-4-5-7-11(10)15(19)14-13(12)16-8-18(14)3/h4-9H,1-3H3. The highest BCUT2D eigenvalue weighted by atomic mass is 16.6. The minimum atomic E-state index is -0.0286. The molecule has 0 aliphatic heterocycles. The number of oxime groups is 1. The molecule has 5 heteroatoms. The van der Waals surface area contributed by atoms with Crippen molar-refractivity contribution in [2.24, 2.45) is 12.2 Å². The van der Waals surface area contributed by atoms with Crippen LogP contribution >= 0.6 is 0 Å². The number of benzene rings is 1. The molecule has 5 nitrogen and oxygen atoms in total. The fourth-order valence-electron chi connectivity index (χ4n) is 2.26. The molecular formula is C15H15N3O2. The van der Waals surface area contributed by atoms with E-state index >= 15 is 0 Å². The summed E-state index contributed by atoms with van der Waals surface area (Å²) in [4.78, 5) is 22.2. The minimum absolute atomic E-state index is 0.0283. The van der Waals surface area contributed by atoms with Gasteiger partial charge in [0.25, 0.3) is 0 Å². The molecule has 0 N–H and O–H groups in total. The SMILES string of the molecule is CC(C)ON=C1c2ccccc2C(=O)c2c1ncn2C. The zero-order valence-electron chi connectivity index (χ0n) is 11.6. The van der Waals surface area contributed by atoms with Crippen LogP contribution in [0, 0.1) is 0 Å². The van der Waals surface area contributed by atoms with Gasteiger partial charge >= 0.3 is 0 Å². The molecule has 0 spiro atoms. The topological polar surface area (TPSA) is 56.5 Å². The molecule has 3 rings (SSSR count). The number of rotatable bonds is 2. The molecule has 1 aliphatic carbocycles. The number of aromatic nitrogens is 2. The Labute approximate surface area is 116 Å². The molecule has 1 aromatic carbocycles. The fourth-order valence-corrected chi connectivity index (χ4v) is 2.26. The molecule has 1 heterocycles. The van der Waals surface area contributed by atoms with Crippen molar-refractivity contribution in [3.05, 3.63) is 53.1 Å². The van der Waals surface area contributed by atoms with Crippen molar-refractivity contribution in [2.45, 2.75) is 20.0 Å². The number of carbonyl (C=O) groups excluding carboxylic acids is 1. The molecule has 0 saturated heterocycles. The second-order valence-corrected chi connectivity index (χ2v) is 5.02. The van der Waals surface area contributed by atoms with Gasteiger partial charge in [0.05, 0.1) is 6.33 Å². The van der Waals surface area contributed by atoms with E-state index in [9.17, 15) is 4.79 Å². The maximum absolute atomic E-state index is 12.5. The average molecular weight is 269 g/mol. The Hall–Kier alpha value is -2.43. The molecular weight excluding hydrogens is 254 g/mol. The molecule has 0 fully saturated rings. The Kier molecular flexibility index (Phi) is 2.89. The first kappa shape index (κ1) is 12.6. The van der Waals surface area contributed by atoms with Crippen LogP contribution in [0.5, 0.6) is 0 Å². The van der Waals surface area contributed by atoms with Crippen LogP contribution in [0.3, 0.4) is 0 Å². The quantitative estimate of drug-likeness (QED) is 0.670. The summed E-state index contributed by atoms with van der Waals surface area (Å²) in [7, 11) is 1.80. The Bertz CT molecular complexity index is 714. The largest absolute Gasteiger partial charge is 0.393 e. The summed E-state index contributed by atoms with van der Waals surface area (Å²) >= 11 is 0. The predicted octanol–water partition coefficient (Wildman–Crippen LogP) is 2.14. The molecule has 20 heavy (non-hydrogen) atoms. The number of hydrogen-bond acceptors (Lipinski definition) is 4. The van der Waals surface area contributed by atoms with E-state index in [1.807, 2.05) is 32.0 Å². The van der Waals surface area contributed by atoms with Crippen molar-refractivity contribution < 1.29 is 9.63 Å². The number of imidazole rings is 1. The average Bonchev–Trinajstić information content (AvgIpc) is 2.81. The van der Waals surface area contributed by atoms with E-state index in [0.717, 1.165) is 5.56 Å². The van der Waals surface area contributed by atoms with Crippen LogP contribution in [0.15, 0.2) is 35.7 Å². The van der Waals surface area contributed by atoms with Gasteiger partial charge in [-0.1, -0.05) is 29.4 Å². The first-order valence-corrected chi connectivity index (χ1v) is 6.49. The van der Waals surface area contributed by atoms with Gasteiger partial charge in [-0.15, -0.1) is 0 Å². The second-order valence-electron chi connectivity index (χ2n) is 5.02. The Morgan fingerprint density at radius 3 is 2.65 bits per heavy atom. The van der Waals surface area contributed by atoms with Crippen molar-refractivity contribution >= 4 is 11.5 Å². The van der Waals surface area contributed by atoms with Crippen molar-refractivity contribution in [3.8, 4) is 0 Å². The maximum Gasteiger partial charge on any atom is 0.212 e. The third-order valence-electron chi connectivity index (χ3n) is 3.16. The van der Waals surface area contributed by atoms with Gasteiger partial charge in [-0.3, -0.25) is 4.79 Å². The van der Waals surface area contributed by atoms with Gasteiger partial charge in [-0.2, -0.15) is 0 Å². The molecule has 0 atom stereocenters. The molecule has 1 aromatic heterocycles. The van der Waals surface area contributed by atoms with Crippen LogP contribution in [-0.2, 0) is 11.9 Å². The van der Waals surface area contributed by atoms with Crippen LogP contribution < -0.4 is 0 Å². The van der Waals surface area contributed by atoms with Gasteiger partial charge in [0.1, 0.15) is 23.2 Å². The van der Waals surface area contributed by atoms with E-state index < -0.39 is 0 Å². The Balaban J connectivity index is 2.23. The minimum Gasteiger partial charge on any atom is -0.393 e. The molecule has 102 valence electrons. The van der Waals surface area contributed by atoms with Crippen LogP contribution in [0.1, 0.15) is 41.2 Å². The van der Waals surface area contributed by atoms with Crippen molar-refractivity contribution in [1.82, 2.24) is 9.55 Å². The number of fused-ring (bicyclic) bond motifs is 2. The maximum atomic E-state index is 12.5. The van der Waals surface area contributed by atoms with E-state index in [2.05, 4.69) is 10.1 Å².